The van der Waals surface area contributed by atoms with Crippen molar-refractivity contribution in [2.45, 2.75) is 38.5 Å². The van der Waals surface area contributed by atoms with Crippen LogP contribution in [0.2, 0.25) is 0 Å². The summed E-state index contributed by atoms with van der Waals surface area (Å²) < 4.78 is 0. The molecular formula is C15H25N3O2. The zero-order valence-electron chi connectivity index (χ0n) is 12.2. The average molecular weight is 279 g/mol. The summed E-state index contributed by atoms with van der Waals surface area (Å²) in [6, 6.07) is 0. The van der Waals surface area contributed by atoms with Crippen LogP contribution in [0.5, 0.6) is 0 Å². The second-order valence-corrected chi connectivity index (χ2v) is 7.06. The molecule has 0 aliphatic heterocycles. The topological polar surface area (TPSA) is 78.9 Å². The average Bonchev–Trinajstić information content (AvgIpc) is 2.42. The summed E-state index contributed by atoms with van der Waals surface area (Å²) in [6.07, 6.45) is 6.89. The summed E-state index contributed by atoms with van der Waals surface area (Å²) in [7, 11) is 1.85. The van der Waals surface area contributed by atoms with E-state index in [1.54, 1.807) is 4.90 Å². The van der Waals surface area contributed by atoms with Crippen molar-refractivity contribution in [1.29, 1.82) is 0 Å². The van der Waals surface area contributed by atoms with Crippen LogP contribution in [-0.4, -0.2) is 35.4 Å². The standard InChI is InChI=1S/C15H25N3O2/c1-18(3-2-13(16)17-20)15(19)14-11-5-9-4-10(7-11)8-12(14)6-9/h9-12,14,20H,2-8H2,1H3,(H2,16,17). The van der Waals surface area contributed by atoms with Gasteiger partial charge in [0.1, 0.15) is 5.84 Å². The van der Waals surface area contributed by atoms with Gasteiger partial charge >= 0.3 is 0 Å². The number of rotatable bonds is 4. The van der Waals surface area contributed by atoms with E-state index in [1.165, 1.54) is 32.1 Å². The monoisotopic (exact) mass is 279 g/mol. The largest absolute Gasteiger partial charge is 0.409 e. The molecule has 0 atom stereocenters. The maximum Gasteiger partial charge on any atom is 0.225 e. The van der Waals surface area contributed by atoms with Gasteiger partial charge in [0.15, 0.2) is 0 Å². The summed E-state index contributed by atoms with van der Waals surface area (Å²) in [5, 5.41) is 11.5. The predicted molar refractivity (Wildman–Crippen MR) is 76.2 cm³/mol. The zero-order chi connectivity index (χ0) is 14.3. The minimum Gasteiger partial charge on any atom is -0.409 e. The Bertz CT molecular complexity index is 393. The number of nitrogens with zero attached hydrogens (tertiary/aromatic N) is 2. The predicted octanol–water partition coefficient (Wildman–Crippen LogP) is 1.65. The minimum absolute atomic E-state index is 0.190. The summed E-state index contributed by atoms with van der Waals surface area (Å²) >= 11 is 0. The van der Waals surface area contributed by atoms with Crippen LogP contribution in [0.15, 0.2) is 5.16 Å². The molecule has 0 aromatic rings. The van der Waals surface area contributed by atoms with Crippen molar-refractivity contribution >= 4 is 11.7 Å². The van der Waals surface area contributed by atoms with Crippen LogP contribution in [0.3, 0.4) is 0 Å². The highest BCUT2D eigenvalue weighted by Gasteiger charge is 2.51. The van der Waals surface area contributed by atoms with Crippen molar-refractivity contribution in [3.05, 3.63) is 0 Å². The van der Waals surface area contributed by atoms with E-state index >= 15 is 0 Å². The number of oxime groups is 1. The van der Waals surface area contributed by atoms with E-state index in [1.807, 2.05) is 7.05 Å². The quantitative estimate of drug-likeness (QED) is 0.355. The first-order chi connectivity index (χ1) is 9.58. The first kappa shape index (κ1) is 13.7. The minimum atomic E-state index is 0.190. The van der Waals surface area contributed by atoms with Crippen molar-refractivity contribution in [3.63, 3.8) is 0 Å². The number of carbonyl (C=O) groups is 1. The molecule has 4 saturated carbocycles. The Hall–Kier alpha value is -1.26. The molecular weight excluding hydrogens is 254 g/mol. The van der Waals surface area contributed by atoms with Crippen LogP contribution < -0.4 is 5.73 Å². The number of hydrogen-bond donors (Lipinski definition) is 2. The molecule has 0 spiro atoms. The van der Waals surface area contributed by atoms with Gasteiger partial charge in [-0.2, -0.15) is 0 Å². The molecule has 4 aliphatic rings. The summed E-state index contributed by atoms with van der Waals surface area (Å²) in [4.78, 5) is 14.5. The van der Waals surface area contributed by atoms with Gasteiger partial charge in [0, 0.05) is 25.9 Å². The number of amidine groups is 1. The molecule has 4 fully saturated rings. The van der Waals surface area contributed by atoms with E-state index in [-0.39, 0.29) is 17.7 Å². The number of amides is 1. The van der Waals surface area contributed by atoms with Crippen LogP contribution in [0.25, 0.3) is 0 Å². The molecule has 0 radical (unpaired) electrons. The molecule has 0 heterocycles. The van der Waals surface area contributed by atoms with Crippen molar-refractivity contribution in [3.8, 4) is 0 Å². The van der Waals surface area contributed by atoms with Gasteiger partial charge < -0.3 is 15.8 Å². The Morgan fingerprint density at radius 1 is 1.20 bits per heavy atom. The van der Waals surface area contributed by atoms with Gasteiger partial charge in [-0.25, -0.2) is 0 Å². The lowest BCUT2D eigenvalue weighted by Crippen LogP contribution is -2.51. The Kier molecular flexibility index (Phi) is 3.61. The third-order valence-corrected chi connectivity index (χ3v) is 5.72. The Labute approximate surface area is 120 Å². The fraction of sp³-hybridized carbons (Fsp3) is 0.867. The number of carbonyl (C=O) groups excluding carboxylic acids is 1. The maximum atomic E-state index is 12.7. The van der Waals surface area contributed by atoms with Crippen LogP contribution in [0.4, 0.5) is 0 Å². The molecule has 112 valence electrons. The summed E-state index contributed by atoms with van der Waals surface area (Å²) in [5.41, 5.74) is 5.48. The van der Waals surface area contributed by atoms with E-state index in [0.29, 0.717) is 24.8 Å². The van der Waals surface area contributed by atoms with Crippen LogP contribution in [0, 0.1) is 29.6 Å². The molecule has 0 saturated heterocycles. The fourth-order valence-electron chi connectivity index (χ4n) is 5.03. The Morgan fingerprint density at radius 2 is 1.75 bits per heavy atom. The van der Waals surface area contributed by atoms with E-state index in [4.69, 9.17) is 10.9 Å². The van der Waals surface area contributed by atoms with Crippen LogP contribution in [0.1, 0.15) is 38.5 Å². The Balaban J connectivity index is 1.62. The summed E-state index contributed by atoms with van der Waals surface area (Å²) in [6.45, 7) is 0.539. The lowest BCUT2D eigenvalue weighted by Gasteiger charge is -2.54. The van der Waals surface area contributed by atoms with Gasteiger partial charge in [-0.3, -0.25) is 4.79 Å². The highest BCUT2D eigenvalue weighted by atomic mass is 16.4. The number of hydrogen-bond acceptors (Lipinski definition) is 3. The third-order valence-electron chi connectivity index (χ3n) is 5.72. The van der Waals surface area contributed by atoms with E-state index in [2.05, 4.69) is 5.16 Å². The molecule has 4 bridgehead atoms. The second kappa shape index (κ2) is 5.26. The normalized spacial score (nSPS) is 39.0. The molecule has 5 heteroatoms. The van der Waals surface area contributed by atoms with Gasteiger partial charge in [0.2, 0.25) is 5.91 Å². The molecule has 3 N–H and O–H groups in total. The lowest BCUT2D eigenvalue weighted by atomic mass is 9.51. The highest BCUT2D eigenvalue weighted by molar-refractivity contribution is 5.82. The lowest BCUT2D eigenvalue weighted by molar-refractivity contribution is -0.147. The zero-order valence-corrected chi connectivity index (χ0v) is 12.2. The molecule has 4 rings (SSSR count). The molecule has 5 nitrogen and oxygen atoms in total. The van der Waals surface area contributed by atoms with Gasteiger partial charge in [-0.1, -0.05) is 5.16 Å². The molecule has 0 unspecified atom stereocenters. The first-order valence-electron chi connectivity index (χ1n) is 7.79. The molecule has 0 aromatic carbocycles. The number of nitrogens with two attached hydrogens (primary N) is 1. The highest BCUT2D eigenvalue weighted by Crippen LogP contribution is 2.56. The van der Waals surface area contributed by atoms with Crippen molar-refractivity contribution in [1.82, 2.24) is 4.90 Å². The molecule has 20 heavy (non-hydrogen) atoms. The Morgan fingerprint density at radius 3 is 2.25 bits per heavy atom. The van der Waals surface area contributed by atoms with E-state index in [9.17, 15) is 4.79 Å². The molecule has 4 aliphatic carbocycles. The van der Waals surface area contributed by atoms with Gasteiger partial charge in [0.25, 0.3) is 0 Å². The van der Waals surface area contributed by atoms with E-state index < -0.39 is 0 Å². The van der Waals surface area contributed by atoms with Crippen LogP contribution in [-0.2, 0) is 4.79 Å². The first-order valence-corrected chi connectivity index (χ1v) is 7.79. The fourth-order valence-corrected chi connectivity index (χ4v) is 5.03. The smallest absolute Gasteiger partial charge is 0.225 e. The maximum absolute atomic E-state index is 12.7. The van der Waals surface area contributed by atoms with Crippen molar-refractivity contribution in [2.24, 2.45) is 40.5 Å². The van der Waals surface area contributed by atoms with Crippen molar-refractivity contribution < 1.29 is 10.0 Å². The van der Waals surface area contributed by atoms with Gasteiger partial charge in [0.05, 0.1) is 0 Å². The molecule has 0 aromatic heterocycles. The van der Waals surface area contributed by atoms with Crippen LogP contribution >= 0.6 is 0 Å². The SMILES string of the molecule is CN(CCC(N)=NO)C(=O)C1C2CC3CC(C2)CC1C3. The van der Waals surface area contributed by atoms with Gasteiger partial charge in [-0.05, 0) is 55.8 Å². The summed E-state index contributed by atoms with van der Waals surface area (Å²) in [5.74, 6) is 3.72. The third kappa shape index (κ3) is 2.38. The van der Waals surface area contributed by atoms with Gasteiger partial charge in [-0.15, -0.1) is 0 Å². The van der Waals surface area contributed by atoms with Crippen molar-refractivity contribution in [2.75, 3.05) is 13.6 Å². The second-order valence-electron chi connectivity index (χ2n) is 7.06. The molecule has 1 amide bonds. The van der Waals surface area contributed by atoms with E-state index in [0.717, 1.165) is 11.8 Å².